The molecular formula is C39H53ClO7Si. The summed E-state index contributed by atoms with van der Waals surface area (Å²) in [5, 5.41) is -1.05. The van der Waals surface area contributed by atoms with Crippen LogP contribution in [-0.2, 0) is 48.0 Å². The van der Waals surface area contributed by atoms with Crippen molar-refractivity contribution in [3.05, 3.63) is 102 Å². The van der Waals surface area contributed by atoms with Crippen LogP contribution in [0.15, 0.2) is 84.9 Å². The molecule has 9 heteroatoms. The molecule has 0 heterocycles. The van der Waals surface area contributed by atoms with Crippen molar-refractivity contribution >= 4 is 32.0 Å². The Kier molecular flexibility index (Phi) is 14.6. The lowest BCUT2D eigenvalue weighted by Crippen LogP contribution is -2.61. The van der Waals surface area contributed by atoms with Gasteiger partial charge in [0.2, 0.25) is 0 Å². The molecular weight excluding hydrogens is 644 g/mol. The number of carbonyl (C=O) groups is 2. The topological polar surface area (TPSA) is 80.3 Å². The zero-order valence-corrected chi connectivity index (χ0v) is 31.7. The van der Waals surface area contributed by atoms with Gasteiger partial charge in [0.1, 0.15) is 18.0 Å². The lowest BCUT2D eigenvalue weighted by Gasteiger charge is -2.49. The van der Waals surface area contributed by atoms with Gasteiger partial charge in [0, 0.05) is 5.41 Å². The van der Waals surface area contributed by atoms with Gasteiger partial charge in [-0.1, -0.05) is 107 Å². The van der Waals surface area contributed by atoms with Crippen molar-refractivity contribution in [1.82, 2.24) is 0 Å². The van der Waals surface area contributed by atoms with E-state index in [1.54, 1.807) is 14.0 Å². The first-order valence-electron chi connectivity index (χ1n) is 16.5. The number of aldehydes is 1. The summed E-state index contributed by atoms with van der Waals surface area (Å²) in [4.78, 5) is 27.0. The molecule has 7 nitrogen and oxygen atoms in total. The summed E-state index contributed by atoms with van der Waals surface area (Å²) in [6.45, 7) is 16.8. The number of ketones is 1. The molecule has 0 aliphatic heterocycles. The Balaban J connectivity index is 2.12. The summed E-state index contributed by atoms with van der Waals surface area (Å²) in [6, 6.07) is 26.9. The lowest BCUT2D eigenvalue weighted by molar-refractivity contribution is -0.183. The second-order valence-electron chi connectivity index (χ2n) is 14.3. The molecule has 48 heavy (non-hydrogen) atoms. The molecule has 0 radical (unpaired) electrons. The van der Waals surface area contributed by atoms with Crippen LogP contribution in [0.1, 0.15) is 58.2 Å². The van der Waals surface area contributed by atoms with E-state index in [2.05, 4.69) is 33.9 Å². The summed E-state index contributed by atoms with van der Waals surface area (Å²) in [5.41, 5.74) is 1.70. The van der Waals surface area contributed by atoms with Gasteiger partial charge in [0.25, 0.3) is 0 Å². The van der Waals surface area contributed by atoms with Gasteiger partial charge in [0.05, 0.1) is 44.5 Å². The fraction of sp³-hybridized carbons (Fsp3) is 0.487. The Bertz CT molecular complexity index is 1410. The quantitative estimate of drug-likeness (QED) is 0.0706. The molecule has 3 aromatic rings. The standard InChI is InChI=1S/C39H53ClO7Si/c1-28(40)34(42)35(45-26-30-18-14-11-15-19-30)37(47-48(8,9)38(2,3)4)39(5,6)36(46-27-31-20-22-32(43-7)23-21-31)33(24-41)44-25-29-16-12-10-13-17-29/h10-24,28,33,35-37H,25-27H2,1-9H3/t28-,33-,35-,36-,37-/m0/s1. The molecule has 0 amide bonds. The van der Waals surface area contributed by atoms with E-state index in [0.717, 1.165) is 28.7 Å². The van der Waals surface area contributed by atoms with Gasteiger partial charge < -0.3 is 28.2 Å². The van der Waals surface area contributed by atoms with Crippen LogP contribution < -0.4 is 4.74 Å². The van der Waals surface area contributed by atoms with Gasteiger partial charge >= 0.3 is 0 Å². The summed E-state index contributed by atoms with van der Waals surface area (Å²) in [6.07, 6.45) is -2.98. The van der Waals surface area contributed by atoms with E-state index in [4.69, 9.17) is 35.0 Å². The number of alkyl halides is 1. The third-order valence-electron chi connectivity index (χ3n) is 9.22. The summed E-state index contributed by atoms with van der Waals surface area (Å²) < 4.78 is 32.0. The normalized spacial score (nSPS) is 15.6. The van der Waals surface area contributed by atoms with E-state index in [1.165, 1.54) is 0 Å². The number of ether oxygens (including phenoxy) is 4. The fourth-order valence-electron chi connectivity index (χ4n) is 5.17. The van der Waals surface area contributed by atoms with Gasteiger partial charge in [0.15, 0.2) is 20.4 Å². The zero-order valence-electron chi connectivity index (χ0n) is 29.9. The Morgan fingerprint density at radius 2 is 1.23 bits per heavy atom. The third-order valence-corrected chi connectivity index (χ3v) is 13.9. The minimum absolute atomic E-state index is 0.174. The van der Waals surface area contributed by atoms with Crippen LogP contribution in [0.3, 0.4) is 0 Å². The van der Waals surface area contributed by atoms with Crippen LogP contribution in [0.2, 0.25) is 18.1 Å². The molecule has 0 aromatic heterocycles. The van der Waals surface area contributed by atoms with E-state index in [0.29, 0.717) is 0 Å². The van der Waals surface area contributed by atoms with E-state index >= 15 is 0 Å². The molecule has 0 aliphatic carbocycles. The van der Waals surface area contributed by atoms with E-state index < -0.39 is 43.5 Å². The Morgan fingerprint density at radius 3 is 1.69 bits per heavy atom. The Labute approximate surface area is 293 Å². The molecule has 0 N–H and O–H groups in total. The number of halogens is 1. The predicted octanol–water partition coefficient (Wildman–Crippen LogP) is 8.56. The first kappa shape index (κ1) is 39.6. The minimum atomic E-state index is -2.56. The first-order valence-corrected chi connectivity index (χ1v) is 19.8. The molecule has 5 atom stereocenters. The zero-order chi connectivity index (χ0) is 35.5. The smallest absolute Gasteiger partial charge is 0.192 e. The summed E-state index contributed by atoms with van der Waals surface area (Å²) in [7, 11) is -0.947. The van der Waals surface area contributed by atoms with E-state index in [1.807, 2.05) is 98.8 Å². The predicted molar refractivity (Wildman–Crippen MR) is 194 cm³/mol. The van der Waals surface area contributed by atoms with Crippen molar-refractivity contribution in [3.63, 3.8) is 0 Å². The average Bonchev–Trinajstić information content (AvgIpc) is 3.06. The van der Waals surface area contributed by atoms with E-state index in [9.17, 15) is 9.59 Å². The number of methoxy groups -OCH3 is 1. The van der Waals surface area contributed by atoms with Crippen LogP contribution in [0.5, 0.6) is 5.75 Å². The summed E-state index contributed by atoms with van der Waals surface area (Å²) in [5.74, 6) is 0.425. The Hall–Kier alpha value is -2.85. The second kappa shape index (κ2) is 17.7. The highest BCUT2D eigenvalue weighted by Gasteiger charge is 2.53. The maximum atomic E-state index is 14.0. The third kappa shape index (κ3) is 10.8. The lowest BCUT2D eigenvalue weighted by atomic mass is 9.75. The highest BCUT2D eigenvalue weighted by Crippen LogP contribution is 2.44. The highest BCUT2D eigenvalue weighted by atomic mass is 35.5. The molecule has 0 saturated carbocycles. The summed E-state index contributed by atoms with van der Waals surface area (Å²) >= 11 is 6.52. The second-order valence-corrected chi connectivity index (χ2v) is 19.7. The van der Waals surface area contributed by atoms with Gasteiger partial charge in [-0.2, -0.15) is 0 Å². The van der Waals surface area contributed by atoms with Crippen molar-refractivity contribution in [3.8, 4) is 5.75 Å². The molecule has 3 rings (SSSR count). The molecule has 0 bridgehead atoms. The number of rotatable bonds is 19. The van der Waals surface area contributed by atoms with Gasteiger partial charge in [-0.25, -0.2) is 0 Å². The molecule has 3 aromatic carbocycles. The molecule has 0 unspecified atom stereocenters. The van der Waals surface area contributed by atoms with Crippen LogP contribution in [-0.4, -0.2) is 57.3 Å². The van der Waals surface area contributed by atoms with Crippen LogP contribution >= 0.6 is 11.6 Å². The molecule has 0 aliphatic rings. The van der Waals surface area contributed by atoms with Crippen molar-refractivity contribution in [1.29, 1.82) is 0 Å². The Morgan fingerprint density at radius 1 is 0.750 bits per heavy atom. The maximum Gasteiger partial charge on any atom is 0.192 e. The minimum Gasteiger partial charge on any atom is -0.497 e. The van der Waals surface area contributed by atoms with Gasteiger partial charge in [-0.15, -0.1) is 11.6 Å². The number of carbonyl (C=O) groups excluding carboxylic acids is 2. The van der Waals surface area contributed by atoms with Gasteiger partial charge in [-0.3, -0.25) is 4.79 Å². The van der Waals surface area contributed by atoms with Crippen molar-refractivity contribution in [2.75, 3.05) is 7.11 Å². The van der Waals surface area contributed by atoms with Crippen molar-refractivity contribution in [2.45, 2.75) is 109 Å². The van der Waals surface area contributed by atoms with Crippen molar-refractivity contribution in [2.24, 2.45) is 5.41 Å². The highest BCUT2D eigenvalue weighted by molar-refractivity contribution is 6.74. The number of Topliss-reactive ketones (excluding diaryl/α,β-unsaturated/α-hetero) is 1. The van der Waals surface area contributed by atoms with Crippen LogP contribution in [0, 0.1) is 5.41 Å². The average molecular weight is 697 g/mol. The van der Waals surface area contributed by atoms with Gasteiger partial charge in [-0.05, 0) is 53.9 Å². The number of hydrogen-bond donors (Lipinski definition) is 0. The number of hydrogen-bond acceptors (Lipinski definition) is 7. The first-order chi connectivity index (χ1) is 22.6. The van der Waals surface area contributed by atoms with Crippen molar-refractivity contribution < 1.29 is 33.0 Å². The molecule has 262 valence electrons. The maximum absolute atomic E-state index is 14.0. The monoisotopic (exact) mass is 696 g/mol. The van der Waals surface area contributed by atoms with Crippen LogP contribution in [0.25, 0.3) is 0 Å². The molecule has 0 saturated heterocycles. The fourth-order valence-corrected chi connectivity index (χ4v) is 6.71. The molecule has 0 spiro atoms. The van der Waals surface area contributed by atoms with E-state index in [-0.39, 0.29) is 30.6 Å². The number of benzene rings is 3. The largest absolute Gasteiger partial charge is 0.497 e. The molecule has 0 fully saturated rings. The van der Waals surface area contributed by atoms with Crippen LogP contribution in [0.4, 0.5) is 0 Å². The SMILES string of the molecule is COc1ccc(CO[C@@H]([C@H](C=O)OCc2ccccc2)C(C)(C)[C@@H](O[Si](C)(C)C(C)(C)C)[C@@H](OCc2ccccc2)C(=O)[C@H](C)Cl)cc1.